The van der Waals surface area contributed by atoms with E-state index in [1.807, 2.05) is 18.3 Å². The van der Waals surface area contributed by atoms with Gasteiger partial charge in [-0.1, -0.05) is 12.1 Å². The van der Waals surface area contributed by atoms with Gasteiger partial charge in [0.1, 0.15) is 5.75 Å². The van der Waals surface area contributed by atoms with Crippen molar-refractivity contribution in [2.45, 2.75) is 19.5 Å². The van der Waals surface area contributed by atoms with Gasteiger partial charge in [0.25, 0.3) is 0 Å². The van der Waals surface area contributed by atoms with E-state index in [1.165, 1.54) is 5.39 Å². The zero-order valence-corrected chi connectivity index (χ0v) is 16.1. The maximum atomic E-state index is 11.1. The van der Waals surface area contributed by atoms with E-state index in [4.69, 9.17) is 14.6 Å². The number of nitrogens with one attached hydrogen (secondary N) is 1. The van der Waals surface area contributed by atoms with E-state index >= 15 is 0 Å². The highest BCUT2D eigenvalue weighted by Crippen LogP contribution is 2.34. The number of H-pyrrole nitrogens is 1. The number of aromatic nitrogens is 1. The second kappa shape index (κ2) is 7.66. The van der Waals surface area contributed by atoms with E-state index in [9.17, 15) is 4.79 Å². The predicted molar refractivity (Wildman–Crippen MR) is 107 cm³/mol. The molecule has 0 spiro atoms. The van der Waals surface area contributed by atoms with E-state index in [0.29, 0.717) is 18.8 Å². The van der Waals surface area contributed by atoms with Crippen LogP contribution in [0.1, 0.15) is 33.1 Å². The lowest BCUT2D eigenvalue weighted by molar-refractivity contribution is -0.0128. The summed E-state index contributed by atoms with van der Waals surface area (Å²) in [6, 6.07) is 11.3. The minimum Gasteiger partial charge on any atom is -0.496 e. The summed E-state index contributed by atoms with van der Waals surface area (Å²) in [5.74, 6) is -0.0291. The highest BCUT2D eigenvalue weighted by molar-refractivity contribution is 5.88. The lowest BCUT2D eigenvalue weighted by Crippen LogP contribution is -2.39. The first-order valence-electron chi connectivity index (χ1n) is 9.37. The van der Waals surface area contributed by atoms with Gasteiger partial charge in [-0.25, -0.2) is 4.79 Å². The Hall–Kier alpha value is -2.83. The molecule has 2 N–H and O–H groups in total. The van der Waals surface area contributed by atoms with Crippen LogP contribution >= 0.6 is 0 Å². The molecule has 2 heterocycles. The van der Waals surface area contributed by atoms with Gasteiger partial charge in [-0.15, -0.1) is 0 Å². The third-order valence-electron chi connectivity index (χ3n) is 5.47. The maximum Gasteiger partial charge on any atom is 0.335 e. The zero-order chi connectivity index (χ0) is 19.7. The number of carboxylic acids is 1. The molecule has 28 heavy (non-hydrogen) atoms. The summed E-state index contributed by atoms with van der Waals surface area (Å²) in [5, 5.41) is 10.3. The average molecular weight is 380 g/mol. The van der Waals surface area contributed by atoms with Crippen LogP contribution in [-0.4, -0.2) is 47.8 Å². The van der Waals surface area contributed by atoms with Gasteiger partial charge in [-0.2, -0.15) is 0 Å². The predicted octanol–water partition coefficient (Wildman–Crippen LogP) is 3.76. The fraction of sp³-hybridized carbons (Fsp3) is 0.318. The number of fused-ring (bicyclic) bond motifs is 1. The van der Waals surface area contributed by atoms with Crippen LogP contribution in [0.2, 0.25) is 0 Å². The van der Waals surface area contributed by atoms with Crippen LogP contribution in [0.4, 0.5) is 0 Å². The van der Waals surface area contributed by atoms with E-state index < -0.39 is 5.97 Å². The van der Waals surface area contributed by atoms with E-state index in [2.05, 4.69) is 28.9 Å². The number of morpholine rings is 1. The van der Waals surface area contributed by atoms with Gasteiger partial charge in [-0.3, -0.25) is 4.90 Å². The van der Waals surface area contributed by atoms with Crippen molar-refractivity contribution in [1.29, 1.82) is 0 Å². The molecule has 0 aliphatic carbocycles. The number of aryl methyl sites for hydroxylation is 1. The molecule has 1 aromatic heterocycles. The molecule has 0 saturated carbocycles. The minimum absolute atomic E-state index is 0.0663. The number of nitrogens with zero attached hydrogens (tertiary/aromatic N) is 1. The van der Waals surface area contributed by atoms with Crippen LogP contribution in [0, 0.1) is 6.92 Å². The molecular weight excluding hydrogens is 356 g/mol. The fourth-order valence-electron chi connectivity index (χ4n) is 3.97. The van der Waals surface area contributed by atoms with Crippen LogP contribution in [0.25, 0.3) is 10.9 Å². The number of carbonyl (C=O) groups is 1. The molecule has 1 atom stereocenters. The monoisotopic (exact) mass is 380 g/mol. The second-order valence-corrected chi connectivity index (χ2v) is 7.13. The summed E-state index contributed by atoms with van der Waals surface area (Å²) in [7, 11) is 1.71. The standard InChI is InChI=1S/C22H24N2O4/c1-14-11-20(27-2)18(17-7-8-23-21(14)17)12-24-9-10-28-13-19(24)15-3-5-16(6-4-15)22(25)26/h3-8,11,19,23H,9-10,12-13H2,1-2H3,(H,25,26). The molecule has 0 amide bonds. The van der Waals surface area contributed by atoms with Crippen LogP contribution in [0.15, 0.2) is 42.6 Å². The number of hydrogen-bond donors (Lipinski definition) is 2. The van der Waals surface area contributed by atoms with E-state index in [0.717, 1.165) is 41.0 Å². The quantitative estimate of drug-likeness (QED) is 0.705. The van der Waals surface area contributed by atoms with Crippen molar-refractivity contribution in [3.05, 3.63) is 64.8 Å². The highest BCUT2D eigenvalue weighted by atomic mass is 16.5. The molecule has 0 bridgehead atoms. The third-order valence-corrected chi connectivity index (χ3v) is 5.47. The number of rotatable bonds is 5. The smallest absolute Gasteiger partial charge is 0.335 e. The fourth-order valence-corrected chi connectivity index (χ4v) is 3.97. The Bertz CT molecular complexity index is 994. The van der Waals surface area contributed by atoms with Gasteiger partial charge < -0.3 is 19.6 Å². The molecule has 6 nitrogen and oxygen atoms in total. The normalized spacial score (nSPS) is 17.7. The highest BCUT2D eigenvalue weighted by Gasteiger charge is 2.27. The van der Waals surface area contributed by atoms with Crippen molar-refractivity contribution in [1.82, 2.24) is 9.88 Å². The van der Waals surface area contributed by atoms with Crippen molar-refractivity contribution in [2.24, 2.45) is 0 Å². The van der Waals surface area contributed by atoms with Gasteiger partial charge >= 0.3 is 5.97 Å². The van der Waals surface area contributed by atoms with Crippen LogP contribution < -0.4 is 4.74 Å². The topological polar surface area (TPSA) is 74.8 Å². The summed E-state index contributed by atoms with van der Waals surface area (Å²) >= 11 is 0. The van der Waals surface area contributed by atoms with Crippen molar-refractivity contribution in [2.75, 3.05) is 26.9 Å². The average Bonchev–Trinajstić information content (AvgIpc) is 3.21. The molecular formula is C22H24N2O4. The lowest BCUT2D eigenvalue weighted by atomic mass is 10.00. The van der Waals surface area contributed by atoms with E-state index in [-0.39, 0.29) is 6.04 Å². The Morgan fingerprint density at radius 1 is 1.32 bits per heavy atom. The van der Waals surface area contributed by atoms with Crippen LogP contribution in [0.3, 0.4) is 0 Å². The summed E-state index contributed by atoms with van der Waals surface area (Å²) in [4.78, 5) is 16.8. The Morgan fingerprint density at radius 3 is 2.82 bits per heavy atom. The van der Waals surface area contributed by atoms with Crippen molar-refractivity contribution in [3.63, 3.8) is 0 Å². The number of carboxylic acid groups (broad SMARTS) is 1. The van der Waals surface area contributed by atoms with Gasteiger partial charge in [-0.05, 0) is 42.3 Å². The second-order valence-electron chi connectivity index (χ2n) is 7.13. The number of ether oxygens (including phenoxy) is 2. The first-order chi connectivity index (χ1) is 13.6. The Kier molecular flexibility index (Phi) is 5.07. The first-order valence-corrected chi connectivity index (χ1v) is 9.37. The Labute approximate surface area is 163 Å². The molecule has 3 aromatic rings. The summed E-state index contributed by atoms with van der Waals surface area (Å²) in [6.45, 7) is 4.86. The Balaban J connectivity index is 1.68. The summed E-state index contributed by atoms with van der Waals surface area (Å²) in [6.07, 6.45) is 1.96. The third kappa shape index (κ3) is 3.37. The number of aromatic carboxylic acids is 1. The zero-order valence-electron chi connectivity index (χ0n) is 16.1. The minimum atomic E-state index is -0.914. The first kappa shape index (κ1) is 18.5. The summed E-state index contributed by atoms with van der Waals surface area (Å²) in [5.41, 5.74) is 4.79. The largest absolute Gasteiger partial charge is 0.496 e. The number of methoxy groups -OCH3 is 1. The number of benzene rings is 2. The van der Waals surface area contributed by atoms with Gasteiger partial charge in [0.15, 0.2) is 0 Å². The molecule has 146 valence electrons. The molecule has 6 heteroatoms. The van der Waals surface area contributed by atoms with Crippen molar-refractivity contribution in [3.8, 4) is 5.75 Å². The lowest BCUT2D eigenvalue weighted by Gasteiger charge is -2.36. The van der Waals surface area contributed by atoms with Gasteiger partial charge in [0.05, 0.1) is 31.9 Å². The Morgan fingerprint density at radius 2 is 2.11 bits per heavy atom. The van der Waals surface area contributed by atoms with E-state index in [1.54, 1.807) is 19.2 Å². The molecule has 2 aromatic carbocycles. The van der Waals surface area contributed by atoms with Crippen LogP contribution in [0.5, 0.6) is 5.75 Å². The number of hydrogen-bond acceptors (Lipinski definition) is 4. The van der Waals surface area contributed by atoms with Gasteiger partial charge in [0.2, 0.25) is 0 Å². The number of aromatic amines is 1. The molecule has 1 aliphatic heterocycles. The SMILES string of the molecule is COc1cc(C)c2[nH]ccc2c1CN1CCOCC1c1ccc(C(=O)O)cc1. The molecule has 1 aliphatic rings. The van der Waals surface area contributed by atoms with Crippen LogP contribution in [-0.2, 0) is 11.3 Å². The van der Waals surface area contributed by atoms with Crippen molar-refractivity contribution < 1.29 is 19.4 Å². The molecule has 1 unspecified atom stereocenters. The van der Waals surface area contributed by atoms with Gasteiger partial charge in [0, 0.05) is 35.8 Å². The molecule has 1 fully saturated rings. The van der Waals surface area contributed by atoms with Crippen molar-refractivity contribution >= 4 is 16.9 Å². The molecule has 4 rings (SSSR count). The molecule has 1 saturated heterocycles. The summed E-state index contributed by atoms with van der Waals surface area (Å²) < 4.78 is 11.4. The maximum absolute atomic E-state index is 11.1. The molecule has 0 radical (unpaired) electrons.